The van der Waals surface area contributed by atoms with E-state index in [9.17, 15) is 33.0 Å². The second-order valence-corrected chi connectivity index (χ2v) is 12.8. The summed E-state index contributed by atoms with van der Waals surface area (Å²) >= 11 is 1.42. The Morgan fingerprint density at radius 3 is 2.33 bits per heavy atom. The van der Waals surface area contributed by atoms with Gasteiger partial charge in [0.05, 0.1) is 40.2 Å². The summed E-state index contributed by atoms with van der Waals surface area (Å²) in [6.45, 7) is 12.3. The number of halogens is 3. The van der Waals surface area contributed by atoms with E-state index >= 15 is 0 Å². The Bertz CT molecular complexity index is 1080. The number of alkyl halides is 3. The molecular weight excluding hydrogens is 531 g/mol. The predicted molar refractivity (Wildman–Crippen MR) is 146 cm³/mol. The van der Waals surface area contributed by atoms with E-state index in [1.807, 2.05) is 6.92 Å². The molecule has 2 N–H and O–H groups in total. The fraction of sp³-hybridized carbons (Fsp3) is 0.690. The quantitative estimate of drug-likeness (QED) is 0.318. The molecule has 2 heterocycles. The van der Waals surface area contributed by atoms with E-state index in [0.29, 0.717) is 11.3 Å². The van der Waals surface area contributed by atoms with Crippen LogP contribution in [0.15, 0.2) is 23.1 Å². The van der Waals surface area contributed by atoms with Crippen molar-refractivity contribution in [3.05, 3.63) is 33.8 Å². The summed E-state index contributed by atoms with van der Waals surface area (Å²) in [4.78, 5) is 30.6. The number of carbonyl (C=O) groups excluding carboxylic acids is 2. The SMILES string of the molecule is C/C(=C\c1csc(C)n1)[C@@H]1CC(C)C(C)(C(F)(F)F)C/C=C/[C@H](C)[C@H](O)[C@@H](C)C(=O)C(C)(C)[C@@H](O)CC(=O)O1. The highest BCUT2D eigenvalue weighted by Crippen LogP contribution is 2.49. The van der Waals surface area contributed by atoms with E-state index in [1.54, 1.807) is 25.3 Å². The first-order valence-electron chi connectivity index (χ1n) is 13.2. The third kappa shape index (κ3) is 7.79. The number of rotatable bonds is 2. The lowest BCUT2D eigenvalue weighted by molar-refractivity contribution is -0.236. The number of hydrogen-bond donors (Lipinski definition) is 2. The van der Waals surface area contributed by atoms with Gasteiger partial charge >= 0.3 is 12.1 Å². The molecule has 0 radical (unpaired) electrons. The van der Waals surface area contributed by atoms with Crippen molar-refractivity contribution in [1.82, 2.24) is 4.98 Å². The number of cyclic esters (lactones) is 1. The number of ketones is 1. The predicted octanol–water partition coefficient (Wildman–Crippen LogP) is 6.30. The first-order chi connectivity index (χ1) is 17.8. The average Bonchev–Trinajstić information content (AvgIpc) is 3.24. The molecule has 7 atom stereocenters. The Hall–Kier alpha value is -2.04. The maximum absolute atomic E-state index is 14.5. The van der Waals surface area contributed by atoms with Gasteiger partial charge in [-0.1, -0.05) is 53.7 Å². The van der Waals surface area contributed by atoms with E-state index < -0.39 is 71.2 Å². The van der Waals surface area contributed by atoms with Gasteiger partial charge in [-0.3, -0.25) is 9.59 Å². The van der Waals surface area contributed by atoms with Crippen LogP contribution in [-0.4, -0.2) is 51.4 Å². The van der Waals surface area contributed by atoms with Crippen LogP contribution in [0.3, 0.4) is 0 Å². The van der Waals surface area contributed by atoms with Crippen LogP contribution < -0.4 is 0 Å². The van der Waals surface area contributed by atoms with E-state index in [4.69, 9.17) is 4.74 Å². The molecule has 0 aromatic carbocycles. The molecule has 6 nitrogen and oxygen atoms in total. The van der Waals surface area contributed by atoms with Crippen LogP contribution in [0.2, 0.25) is 0 Å². The molecule has 1 aliphatic heterocycles. The summed E-state index contributed by atoms with van der Waals surface area (Å²) in [5.41, 5.74) is -2.39. The highest BCUT2D eigenvalue weighted by molar-refractivity contribution is 7.09. The van der Waals surface area contributed by atoms with Crippen LogP contribution in [0.1, 0.15) is 78.4 Å². The fourth-order valence-electron chi connectivity index (χ4n) is 4.90. The zero-order valence-corrected chi connectivity index (χ0v) is 24.8. The highest BCUT2D eigenvalue weighted by atomic mass is 32.1. The molecule has 1 aromatic rings. The number of Topliss-reactive ketones (excluding diaryl/α,β-unsaturated/α-hetero) is 1. The third-order valence-corrected chi connectivity index (χ3v) is 9.16. The van der Waals surface area contributed by atoms with E-state index in [0.717, 1.165) is 11.9 Å². The Labute approximate surface area is 233 Å². The molecule has 39 heavy (non-hydrogen) atoms. The van der Waals surface area contributed by atoms with E-state index in [1.165, 1.54) is 51.2 Å². The number of aliphatic hydroxyl groups excluding tert-OH is 2. The van der Waals surface area contributed by atoms with Gasteiger partial charge in [0.2, 0.25) is 0 Å². The molecule has 1 aliphatic rings. The van der Waals surface area contributed by atoms with Crippen molar-refractivity contribution in [3.63, 3.8) is 0 Å². The zero-order valence-electron chi connectivity index (χ0n) is 24.0. The summed E-state index contributed by atoms with van der Waals surface area (Å²) in [6.07, 6.45) is -4.56. The summed E-state index contributed by atoms with van der Waals surface area (Å²) in [6, 6.07) is 0. The van der Waals surface area contributed by atoms with Gasteiger partial charge in [-0.05, 0) is 44.3 Å². The van der Waals surface area contributed by atoms with Crippen LogP contribution in [0.25, 0.3) is 6.08 Å². The van der Waals surface area contributed by atoms with Crippen molar-refractivity contribution in [1.29, 1.82) is 0 Å². The van der Waals surface area contributed by atoms with Crippen LogP contribution >= 0.6 is 11.3 Å². The number of nitrogens with zero attached hydrogens (tertiary/aromatic N) is 1. The van der Waals surface area contributed by atoms with Gasteiger partial charge in [0, 0.05) is 17.2 Å². The molecule has 0 spiro atoms. The lowest BCUT2D eigenvalue weighted by Crippen LogP contribution is -2.46. The number of ether oxygens (including phenoxy) is 1. The summed E-state index contributed by atoms with van der Waals surface area (Å²) < 4.78 is 49.1. The molecule has 0 saturated carbocycles. The molecular formula is C29H42F3NO5S. The molecule has 1 aromatic heterocycles. The van der Waals surface area contributed by atoms with Crippen molar-refractivity contribution < 1.29 is 37.7 Å². The standard InChI is InChI=1S/C29H42F3NO5S/c1-16-10-9-11-28(8,29(30,31)32)18(3)13-22(17(2)12-21-15-39-20(5)33-21)38-24(35)14-23(34)27(6,7)26(37)19(4)25(16)36/h9-10,12,15-16,18-19,22-23,25,34,36H,11,13-14H2,1-8H3/b10-9+,17-12+/t16-,18?,19+,22-,23-,25-,28?/m0/s1. The van der Waals surface area contributed by atoms with Gasteiger partial charge in [-0.25, -0.2) is 4.98 Å². The van der Waals surface area contributed by atoms with Crippen molar-refractivity contribution in [2.45, 2.75) is 99.1 Å². The van der Waals surface area contributed by atoms with Gasteiger partial charge < -0.3 is 14.9 Å². The van der Waals surface area contributed by atoms with Gasteiger partial charge in [0.25, 0.3) is 0 Å². The maximum Gasteiger partial charge on any atom is 0.394 e. The Morgan fingerprint density at radius 2 is 1.79 bits per heavy atom. The molecule has 2 rings (SSSR count). The highest BCUT2D eigenvalue weighted by Gasteiger charge is 2.54. The molecule has 0 fully saturated rings. The molecule has 0 aliphatic carbocycles. The summed E-state index contributed by atoms with van der Waals surface area (Å²) in [5.74, 6) is -3.78. The Balaban J connectivity index is 2.57. The minimum atomic E-state index is -4.56. The normalized spacial score (nSPS) is 34.9. The van der Waals surface area contributed by atoms with Crippen molar-refractivity contribution >= 4 is 29.2 Å². The lowest BCUT2D eigenvalue weighted by atomic mass is 9.71. The number of aromatic nitrogens is 1. The Kier molecular flexibility index (Phi) is 10.8. The number of carbonyl (C=O) groups is 2. The second-order valence-electron chi connectivity index (χ2n) is 11.8. The fourth-order valence-corrected chi connectivity index (χ4v) is 5.47. The van der Waals surface area contributed by atoms with Gasteiger partial charge in [-0.15, -0.1) is 11.3 Å². The minimum Gasteiger partial charge on any atom is -0.458 e. The minimum absolute atomic E-state index is 0.116. The van der Waals surface area contributed by atoms with Crippen molar-refractivity contribution in [2.24, 2.45) is 28.6 Å². The average molecular weight is 574 g/mol. The van der Waals surface area contributed by atoms with E-state index in [-0.39, 0.29) is 12.8 Å². The lowest BCUT2D eigenvalue weighted by Gasteiger charge is -2.39. The maximum atomic E-state index is 14.5. The third-order valence-electron chi connectivity index (χ3n) is 8.37. The second kappa shape index (κ2) is 12.6. The number of thiazole rings is 1. The first kappa shape index (κ1) is 33.2. The Morgan fingerprint density at radius 1 is 1.18 bits per heavy atom. The molecule has 10 heteroatoms. The number of hydrogen-bond acceptors (Lipinski definition) is 7. The summed E-state index contributed by atoms with van der Waals surface area (Å²) in [5, 5.41) is 24.3. The van der Waals surface area contributed by atoms with Crippen molar-refractivity contribution in [3.8, 4) is 0 Å². The monoisotopic (exact) mass is 573 g/mol. The molecule has 220 valence electrons. The number of aliphatic hydroxyl groups is 2. The van der Waals surface area contributed by atoms with Crippen LogP contribution in [0.4, 0.5) is 13.2 Å². The number of esters is 1. The molecule has 0 saturated heterocycles. The topological polar surface area (TPSA) is 96.7 Å². The molecule has 0 bridgehead atoms. The largest absolute Gasteiger partial charge is 0.458 e. The van der Waals surface area contributed by atoms with Gasteiger partial charge in [-0.2, -0.15) is 13.2 Å². The van der Waals surface area contributed by atoms with Gasteiger partial charge in [0.1, 0.15) is 11.9 Å². The van der Waals surface area contributed by atoms with Crippen LogP contribution in [-0.2, 0) is 14.3 Å². The van der Waals surface area contributed by atoms with Crippen molar-refractivity contribution in [2.75, 3.05) is 0 Å². The van der Waals surface area contributed by atoms with Crippen LogP contribution in [0.5, 0.6) is 0 Å². The van der Waals surface area contributed by atoms with Gasteiger partial charge in [0.15, 0.2) is 0 Å². The molecule has 2 unspecified atom stereocenters. The van der Waals surface area contributed by atoms with E-state index in [2.05, 4.69) is 4.98 Å². The smallest absolute Gasteiger partial charge is 0.394 e. The first-order valence-corrected chi connectivity index (χ1v) is 14.1. The summed E-state index contributed by atoms with van der Waals surface area (Å²) in [7, 11) is 0. The zero-order chi connectivity index (χ0) is 29.9. The molecule has 0 amide bonds. The number of allylic oxidation sites excluding steroid dienone is 1. The number of aryl methyl sites for hydroxylation is 1. The van der Waals surface area contributed by atoms with Crippen LogP contribution in [0, 0.1) is 35.5 Å².